The number of epoxide rings is 1. The highest BCUT2D eigenvalue weighted by Crippen LogP contribution is 2.44. The number of ketones is 1. The van der Waals surface area contributed by atoms with Gasteiger partial charge in [-0.05, 0) is 57.8 Å². The van der Waals surface area contributed by atoms with E-state index >= 15 is 0 Å². The van der Waals surface area contributed by atoms with Crippen LogP contribution in [0.15, 0.2) is 23.1 Å². The lowest BCUT2D eigenvalue weighted by molar-refractivity contribution is -0.153. The van der Waals surface area contributed by atoms with Gasteiger partial charge in [0.1, 0.15) is 11.9 Å². The number of thiazole rings is 1. The maximum atomic E-state index is 13.4. The van der Waals surface area contributed by atoms with Crippen LogP contribution in [0.1, 0.15) is 77.4 Å². The fraction of sp³-hybridized carbons (Fsp3) is 0.667. The molecule has 0 unspecified atom stereocenters. The summed E-state index contributed by atoms with van der Waals surface area (Å²) in [5.41, 5.74) is -0.0239. The molecule has 35 heavy (non-hydrogen) atoms. The molecule has 2 aliphatic heterocycles. The van der Waals surface area contributed by atoms with Gasteiger partial charge < -0.3 is 19.7 Å². The summed E-state index contributed by atoms with van der Waals surface area (Å²) in [5.74, 6) is -1.51. The van der Waals surface area contributed by atoms with Gasteiger partial charge in [-0.3, -0.25) is 9.59 Å². The van der Waals surface area contributed by atoms with Gasteiger partial charge >= 0.3 is 5.97 Å². The van der Waals surface area contributed by atoms with Crippen molar-refractivity contribution < 1.29 is 29.3 Å². The molecule has 1 aromatic heterocycles. The molecule has 0 amide bonds. The molecule has 1 saturated heterocycles. The third-order valence-electron chi connectivity index (χ3n) is 7.44. The summed E-state index contributed by atoms with van der Waals surface area (Å²) >= 11 is 1.55. The highest BCUT2D eigenvalue weighted by atomic mass is 32.1. The summed E-state index contributed by atoms with van der Waals surface area (Å²) in [5, 5.41) is 24.7. The molecule has 7 nitrogen and oxygen atoms in total. The Labute approximate surface area is 212 Å². The van der Waals surface area contributed by atoms with E-state index in [1.165, 1.54) is 0 Å². The molecule has 8 heteroatoms. The largest absolute Gasteiger partial charge is 0.458 e. The summed E-state index contributed by atoms with van der Waals surface area (Å²) in [6.07, 6.45) is 4.89. The average molecular weight is 506 g/mol. The minimum atomic E-state index is -1.24. The van der Waals surface area contributed by atoms with Crippen LogP contribution in [0.25, 0.3) is 6.08 Å². The maximum Gasteiger partial charge on any atom is 0.309 e. The van der Waals surface area contributed by atoms with Gasteiger partial charge in [0.2, 0.25) is 0 Å². The monoisotopic (exact) mass is 505 g/mol. The molecule has 2 aliphatic rings. The van der Waals surface area contributed by atoms with Crippen LogP contribution < -0.4 is 0 Å². The molecule has 0 saturated carbocycles. The number of carbonyl (C=O) groups is 2. The van der Waals surface area contributed by atoms with Gasteiger partial charge in [-0.1, -0.05) is 26.8 Å². The molecule has 1 aromatic rings. The van der Waals surface area contributed by atoms with Crippen LogP contribution in [-0.4, -0.2) is 57.0 Å². The maximum absolute atomic E-state index is 13.4. The van der Waals surface area contributed by atoms with Gasteiger partial charge in [-0.15, -0.1) is 11.3 Å². The first-order valence-corrected chi connectivity index (χ1v) is 13.3. The number of aryl methyl sites for hydroxylation is 1. The number of aliphatic hydroxyl groups excluding tert-OH is 2. The van der Waals surface area contributed by atoms with Crippen molar-refractivity contribution in [2.75, 3.05) is 0 Å². The van der Waals surface area contributed by atoms with Crippen LogP contribution in [0, 0.1) is 18.3 Å². The molecule has 0 aromatic carbocycles. The molecule has 2 N–H and O–H groups in total. The van der Waals surface area contributed by atoms with E-state index in [1.54, 1.807) is 25.2 Å². The number of nitrogens with zero attached hydrogens (tertiary/aromatic N) is 1. The fourth-order valence-electron chi connectivity index (χ4n) is 4.70. The predicted octanol–water partition coefficient (Wildman–Crippen LogP) is 4.40. The van der Waals surface area contributed by atoms with Crippen molar-refractivity contribution in [3.8, 4) is 0 Å². The third-order valence-corrected chi connectivity index (χ3v) is 8.23. The molecular weight excluding hydrogens is 466 g/mol. The van der Waals surface area contributed by atoms with Crippen molar-refractivity contribution in [3.05, 3.63) is 33.8 Å². The number of hydrogen-bond acceptors (Lipinski definition) is 8. The number of carbonyl (C=O) groups excluding carboxylic acids is 2. The zero-order valence-electron chi connectivity index (χ0n) is 21.6. The molecule has 0 bridgehead atoms. The summed E-state index contributed by atoms with van der Waals surface area (Å²) in [6, 6.07) is 0. The average Bonchev–Trinajstić information content (AvgIpc) is 3.21. The molecule has 0 aliphatic carbocycles. The molecular formula is C27H39NO6S. The number of cyclic esters (lactones) is 1. The zero-order chi connectivity index (χ0) is 26.0. The Morgan fingerprint density at radius 3 is 2.57 bits per heavy atom. The van der Waals surface area contributed by atoms with Crippen LogP contribution in [-0.2, 0) is 19.1 Å². The smallest absolute Gasteiger partial charge is 0.309 e. The first-order chi connectivity index (χ1) is 16.4. The molecule has 3 heterocycles. The highest BCUT2D eigenvalue weighted by molar-refractivity contribution is 7.09. The Kier molecular flexibility index (Phi) is 8.73. The Morgan fingerprint density at radius 1 is 1.23 bits per heavy atom. The van der Waals surface area contributed by atoms with Crippen LogP contribution in [0.5, 0.6) is 0 Å². The lowest BCUT2D eigenvalue weighted by Gasteiger charge is -2.34. The van der Waals surface area contributed by atoms with E-state index in [0.717, 1.165) is 22.7 Å². The van der Waals surface area contributed by atoms with Crippen LogP contribution >= 0.6 is 11.3 Å². The predicted molar refractivity (Wildman–Crippen MR) is 136 cm³/mol. The van der Waals surface area contributed by atoms with Crippen molar-refractivity contribution in [2.24, 2.45) is 11.3 Å². The van der Waals surface area contributed by atoms with E-state index in [0.29, 0.717) is 19.3 Å². The number of Topliss-reactive ketones (excluding diaryl/α,β-unsaturated/α-hetero) is 1. The van der Waals surface area contributed by atoms with Crippen molar-refractivity contribution >= 4 is 29.2 Å². The lowest BCUT2D eigenvalue weighted by Crippen LogP contribution is -2.45. The second kappa shape index (κ2) is 11.0. The Hall–Kier alpha value is -1.87. The number of ether oxygens (including phenoxy) is 2. The minimum Gasteiger partial charge on any atom is -0.458 e. The van der Waals surface area contributed by atoms with E-state index in [2.05, 4.69) is 4.98 Å². The van der Waals surface area contributed by atoms with Crippen LogP contribution in [0.4, 0.5) is 0 Å². The molecule has 3 rings (SSSR count). The number of hydrogen-bond donors (Lipinski definition) is 2. The number of allylic oxidation sites excluding steroid dienone is 1. The van der Waals surface area contributed by atoms with E-state index in [1.807, 2.05) is 51.3 Å². The zero-order valence-corrected chi connectivity index (χ0v) is 22.4. The molecule has 0 radical (unpaired) electrons. The van der Waals surface area contributed by atoms with E-state index in [9.17, 15) is 19.8 Å². The lowest BCUT2D eigenvalue weighted by atomic mass is 9.72. The molecule has 1 fully saturated rings. The topological polar surface area (TPSA) is 109 Å². The van der Waals surface area contributed by atoms with Crippen molar-refractivity contribution in [1.29, 1.82) is 0 Å². The molecule has 6 atom stereocenters. The number of rotatable bonds is 3. The van der Waals surface area contributed by atoms with Crippen molar-refractivity contribution in [3.63, 3.8) is 0 Å². The first kappa shape index (κ1) is 27.7. The van der Waals surface area contributed by atoms with Crippen molar-refractivity contribution in [1.82, 2.24) is 4.98 Å². The van der Waals surface area contributed by atoms with Gasteiger partial charge in [-0.25, -0.2) is 4.98 Å². The standard InChI is InChI=1S/C27H39NO6S/c1-7-20-24(31)16(2)9-8-12-27(6)22(34-27)13-19(11-10-18-15-35-17(3)28-18)33-23(30)14-21(29)26(4,5)25(20)32/h9-11,15,19-22,24,29,31H,7-8,12-14H2,1-6H3/b11-10?,16-9+/t19-,20-,21+,22-,24+,27-/m1/s1. The number of esters is 1. The highest BCUT2D eigenvalue weighted by Gasteiger charge is 2.52. The quantitative estimate of drug-likeness (QED) is 0.356. The summed E-state index contributed by atoms with van der Waals surface area (Å²) in [7, 11) is 0. The summed E-state index contributed by atoms with van der Waals surface area (Å²) < 4.78 is 11.7. The number of aliphatic hydroxyl groups is 2. The second-order valence-electron chi connectivity index (χ2n) is 10.6. The number of aromatic nitrogens is 1. The van der Waals surface area contributed by atoms with E-state index in [-0.39, 0.29) is 23.9 Å². The molecule has 194 valence electrons. The first-order valence-electron chi connectivity index (χ1n) is 12.4. The third kappa shape index (κ3) is 6.67. The minimum absolute atomic E-state index is 0.0695. The van der Waals surface area contributed by atoms with Gasteiger partial charge in [0.25, 0.3) is 0 Å². The Morgan fingerprint density at radius 2 is 1.94 bits per heavy atom. The van der Waals surface area contributed by atoms with Crippen LogP contribution in [0.3, 0.4) is 0 Å². The van der Waals surface area contributed by atoms with Gasteiger partial charge in [-0.2, -0.15) is 0 Å². The SMILES string of the molecule is CC[C@H]1C(=O)C(C)(C)[C@@H](O)CC(=O)O[C@H](C=Cc2csc(C)n2)C[C@H]2O[C@]2(C)CC/C=C(\C)[C@@H]1O. The normalized spacial score (nSPS) is 36.3. The summed E-state index contributed by atoms with van der Waals surface area (Å²) in [6.45, 7) is 10.9. The Balaban J connectivity index is 1.86. The number of fused-ring (bicyclic) bond motifs is 1. The van der Waals surface area contributed by atoms with Crippen LogP contribution in [0.2, 0.25) is 0 Å². The second-order valence-corrected chi connectivity index (χ2v) is 11.6. The van der Waals surface area contributed by atoms with Crippen molar-refractivity contribution in [2.45, 2.75) is 104 Å². The molecule has 0 spiro atoms. The van der Waals surface area contributed by atoms with Gasteiger partial charge in [0.15, 0.2) is 0 Å². The van der Waals surface area contributed by atoms with E-state index in [4.69, 9.17) is 9.47 Å². The van der Waals surface area contributed by atoms with Gasteiger partial charge in [0, 0.05) is 17.7 Å². The van der Waals surface area contributed by atoms with E-state index < -0.39 is 35.6 Å². The summed E-state index contributed by atoms with van der Waals surface area (Å²) in [4.78, 5) is 30.6. The Bertz CT molecular complexity index is 982. The van der Waals surface area contributed by atoms with Gasteiger partial charge in [0.05, 0.1) is 46.5 Å². The fourth-order valence-corrected chi connectivity index (χ4v) is 5.28.